The first-order valence-electron chi connectivity index (χ1n) is 8.37. The number of rotatable bonds is 5. The molecular weight excluding hydrogens is 385 g/mol. The highest BCUT2D eigenvalue weighted by atomic mass is 32.2. The Morgan fingerprint density at radius 3 is 2.37 bits per heavy atom. The Hall–Kier alpha value is -2.10. The van der Waals surface area contributed by atoms with Crippen LogP contribution < -0.4 is 4.72 Å². The maximum absolute atomic E-state index is 12.6. The number of likely N-dealkylation sites (tertiary alicyclic amines) is 1. The fourth-order valence-corrected chi connectivity index (χ4v) is 3.65. The van der Waals surface area contributed by atoms with Gasteiger partial charge < -0.3 is 4.90 Å². The lowest BCUT2D eigenvalue weighted by molar-refractivity contribution is -0.154. The van der Waals surface area contributed by atoms with Gasteiger partial charge in [-0.05, 0) is 30.9 Å². The number of halogens is 3. The maximum Gasteiger partial charge on any atom is 0.516 e. The summed E-state index contributed by atoms with van der Waals surface area (Å²) in [7, 11) is -5.59. The molecule has 1 amide bonds. The van der Waals surface area contributed by atoms with Gasteiger partial charge in [0.25, 0.3) is 5.91 Å². The van der Waals surface area contributed by atoms with Crippen LogP contribution in [0.4, 0.5) is 18.9 Å². The van der Waals surface area contributed by atoms with Gasteiger partial charge in [0, 0.05) is 18.5 Å². The Bertz CT molecular complexity index is 837. The van der Waals surface area contributed by atoms with Gasteiger partial charge in [-0.25, -0.2) is 0 Å². The Morgan fingerprint density at radius 1 is 1.22 bits per heavy atom. The number of hydrogen-bond acceptors (Lipinski definition) is 4. The summed E-state index contributed by atoms with van der Waals surface area (Å²) in [5.41, 5.74) is -5.58. The van der Waals surface area contributed by atoms with Crippen LogP contribution in [0, 0.1) is 11.8 Å². The highest BCUT2D eigenvalue weighted by Gasteiger charge is 2.46. The molecule has 27 heavy (non-hydrogen) atoms. The summed E-state index contributed by atoms with van der Waals surface area (Å²) in [6, 6.07) is 5.16. The first-order valence-corrected chi connectivity index (χ1v) is 9.85. The van der Waals surface area contributed by atoms with Gasteiger partial charge in [0.05, 0.1) is 5.69 Å². The molecule has 1 aromatic rings. The van der Waals surface area contributed by atoms with Crippen LogP contribution in [0.2, 0.25) is 0 Å². The van der Waals surface area contributed by atoms with E-state index >= 15 is 0 Å². The quantitative estimate of drug-likeness (QED) is 0.762. The molecule has 10 heteroatoms. The summed E-state index contributed by atoms with van der Waals surface area (Å²) >= 11 is 0. The van der Waals surface area contributed by atoms with Crippen molar-refractivity contribution in [1.29, 1.82) is 0 Å². The van der Waals surface area contributed by atoms with Crippen LogP contribution in [0.3, 0.4) is 0 Å². The second-order valence-electron chi connectivity index (χ2n) is 6.94. The molecule has 0 spiro atoms. The van der Waals surface area contributed by atoms with E-state index in [0.29, 0.717) is 6.42 Å². The van der Waals surface area contributed by atoms with E-state index in [0.717, 1.165) is 0 Å². The molecule has 6 nitrogen and oxygen atoms in total. The summed E-state index contributed by atoms with van der Waals surface area (Å²) in [6.07, 6.45) is 0.443. The summed E-state index contributed by atoms with van der Waals surface area (Å²) in [4.78, 5) is 26.0. The van der Waals surface area contributed by atoms with Crippen molar-refractivity contribution in [3.63, 3.8) is 0 Å². The number of para-hydroxylation sites is 1. The molecule has 0 radical (unpaired) electrons. The normalized spacial score (nSPS) is 21.7. The molecule has 1 heterocycles. The van der Waals surface area contributed by atoms with Crippen LogP contribution in [0.5, 0.6) is 0 Å². The third-order valence-corrected chi connectivity index (χ3v) is 5.75. The molecule has 0 saturated carbocycles. The van der Waals surface area contributed by atoms with Gasteiger partial charge in [0.15, 0.2) is 0 Å². The summed E-state index contributed by atoms with van der Waals surface area (Å²) < 4.78 is 62.2. The standard InChI is InChI=1S/C17H21F3N2O4S/c1-10(2)13-8-11(3)22(16(24)15(13)23)9-12-6-4-5-7-14(12)21-27(25,26)17(18,19)20/h4-7,10-11,13,21H,8-9H2,1-3H3/t11?,13-/m1/s1. The molecule has 2 rings (SSSR count). The van der Waals surface area contributed by atoms with E-state index in [-0.39, 0.29) is 29.8 Å². The molecule has 1 aliphatic rings. The van der Waals surface area contributed by atoms with E-state index in [4.69, 9.17) is 0 Å². The van der Waals surface area contributed by atoms with Gasteiger partial charge in [0.2, 0.25) is 5.78 Å². The van der Waals surface area contributed by atoms with Crippen LogP contribution in [0.15, 0.2) is 24.3 Å². The number of Topliss-reactive ketones (excluding diaryl/α,β-unsaturated/α-hetero) is 1. The smallest absolute Gasteiger partial charge is 0.329 e. The van der Waals surface area contributed by atoms with Crippen LogP contribution in [-0.2, 0) is 26.2 Å². The molecule has 150 valence electrons. The van der Waals surface area contributed by atoms with Crippen LogP contribution in [0.25, 0.3) is 0 Å². The zero-order valence-electron chi connectivity index (χ0n) is 15.1. The van der Waals surface area contributed by atoms with Crippen molar-refractivity contribution in [2.45, 2.75) is 45.3 Å². The summed E-state index contributed by atoms with van der Waals surface area (Å²) in [6.45, 7) is 5.27. The van der Waals surface area contributed by atoms with Gasteiger partial charge in [-0.1, -0.05) is 32.0 Å². The van der Waals surface area contributed by atoms with Crippen molar-refractivity contribution in [1.82, 2.24) is 4.90 Å². The number of anilines is 1. The predicted molar refractivity (Wildman–Crippen MR) is 93.0 cm³/mol. The number of nitrogens with one attached hydrogen (secondary N) is 1. The molecule has 2 atom stereocenters. The largest absolute Gasteiger partial charge is 0.516 e. The maximum atomic E-state index is 12.6. The fraction of sp³-hybridized carbons (Fsp3) is 0.529. The number of nitrogens with zero attached hydrogens (tertiary/aromatic N) is 1. The molecule has 0 aliphatic carbocycles. The van der Waals surface area contributed by atoms with Gasteiger partial charge in [0.1, 0.15) is 0 Å². The van der Waals surface area contributed by atoms with E-state index in [1.165, 1.54) is 33.9 Å². The van der Waals surface area contributed by atoms with Crippen molar-refractivity contribution in [3.8, 4) is 0 Å². The molecule has 1 aromatic carbocycles. The molecule has 1 fully saturated rings. The summed E-state index contributed by atoms with van der Waals surface area (Å²) in [5, 5.41) is 0. The Morgan fingerprint density at radius 2 is 1.81 bits per heavy atom. The number of benzene rings is 1. The summed E-state index contributed by atoms with van der Waals surface area (Å²) in [5.74, 6) is -1.64. The second kappa shape index (κ2) is 7.49. The number of amides is 1. The first kappa shape index (κ1) is 21.2. The molecule has 1 aliphatic heterocycles. The van der Waals surface area contributed by atoms with Crippen molar-refractivity contribution >= 4 is 27.4 Å². The van der Waals surface area contributed by atoms with Crippen molar-refractivity contribution < 1.29 is 31.2 Å². The lowest BCUT2D eigenvalue weighted by atomic mass is 9.82. The molecule has 0 bridgehead atoms. The Kier molecular flexibility index (Phi) is 5.88. The number of sulfonamides is 1. The fourth-order valence-electron chi connectivity index (χ4n) is 3.05. The SMILES string of the molecule is CC(C)[C@H]1CC(C)N(Cc2ccccc2NS(=O)(=O)C(F)(F)F)C(=O)C1=O. The zero-order valence-corrected chi connectivity index (χ0v) is 15.9. The minimum atomic E-state index is -5.59. The number of ketones is 1. The monoisotopic (exact) mass is 406 g/mol. The highest BCUT2D eigenvalue weighted by molar-refractivity contribution is 7.93. The molecular formula is C17H21F3N2O4S. The molecule has 0 aromatic heterocycles. The number of hydrogen-bond donors (Lipinski definition) is 1. The minimum Gasteiger partial charge on any atom is -0.329 e. The highest BCUT2D eigenvalue weighted by Crippen LogP contribution is 2.31. The second-order valence-corrected chi connectivity index (χ2v) is 8.61. The zero-order chi connectivity index (χ0) is 20.6. The average molecular weight is 406 g/mol. The van der Waals surface area contributed by atoms with Crippen LogP contribution >= 0.6 is 0 Å². The van der Waals surface area contributed by atoms with E-state index in [1.807, 2.05) is 13.8 Å². The van der Waals surface area contributed by atoms with Crippen molar-refractivity contribution in [3.05, 3.63) is 29.8 Å². The molecule has 1 saturated heterocycles. The number of carbonyl (C=O) groups is 2. The number of piperidine rings is 1. The van der Waals surface area contributed by atoms with Crippen LogP contribution in [-0.4, -0.2) is 36.6 Å². The minimum absolute atomic E-state index is 0.00284. The third kappa shape index (κ3) is 4.42. The number of carbonyl (C=O) groups excluding carboxylic acids is 2. The van der Waals surface area contributed by atoms with Gasteiger partial charge in [-0.3, -0.25) is 14.3 Å². The average Bonchev–Trinajstić information content (AvgIpc) is 2.54. The third-order valence-electron chi connectivity index (χ3n) is 4.65. The van der Waals surface area contributed by atoms with E-state index < -0.39 is 33.1 Å². The Labute approximate surface area is 155 Å². The van der Waals surface area contributed by atoms with E-state index in [1.54, 1.807) is 6.92 Å². The molecule has 1 N–H and O–H groups in total. The first-order chi connectivity index (χ1) is 12.3. The van der Waals surface area contributed by atoms with Gasteiger partial charge in [-0.15, -0.1) is 0 Å². The van der Waals surface area contributed by atoms with E-state index in [2.05, 4.69) is 0 Å². The lowest BCUT2D eigenvalue weighted by Crippen LogP contribution is -2.51. The lowest BCUT2D eigenvalue weighted by Gasteiger charge is -2.38. The van der Waals surface area contributed by atoms with Crippen LogP contribution in [0.1, 0.15) is 32.8 Å². The van der Waals surface area contributed by atoms with Crippen molar-refractivity contribution in [2.75, 3.05) is 4.72 Å². The number of alkyl halides is 3. The van der Waals surface area contributed by atoms with Gasteiger partial charge >= 0.3 is 15.5 Å². The van der Waals surface area contributed by atoms with E-state index in [9.17, 15) is 31.2 Å². The molecule has 1 unspecified atom stereocenters. The van der Waals surface area contributed by atoms with Gasteiger partial charge in [-0.2, -0.15) is 21.6 Å². The topological polar surface area (TPSA) is 83.6 Å². The Balaban J connectivity index is 2.29. The predicted octanol–water partition coefficient (Wildman–Crippen LogP) is 2.91. The van der Waals surface area contributed by atoms with Crippen molar-refractivity contribution in [2.24, 2.45) is 11.8 Å².